The van der Waals surface area contributed by atoms with E-state index in [1.54, 1.807) is 0 Å². The molecule has 0 aromatic heterocycles. The number of benzene rings is 1. The Balaban J connectivity index is 1.72. The van der Waals surface area contributed by atoms with Gasteiger partial charge in [0.05, 0.1) is 0 Å². The molecule has 2 saturated heterocycles. The van der Waals surface area contributed by atoms with E-state index in [4.69, 9.17) is 10.5 Å². The number of rotatable bonds is 0. The molecule has 102 valence electrons. The predicted molar refractivity (Wildman–Crippen MR) is 75.2 cm³/mol. The summed E-state index contributed by atoms with van der Waals surface area (Å²) in [7, 11) is 0. The lowest BCUT2D eigenvalue weighted by molar-refractivity contribution is -0.0439. The zero-order chi connectivity index (χ0) is 13.0. The summed E-state index contributed by atoms with van der Waals surface area (Å²) in [5, 5.41) is 0. The van der Waals surface area contributed by atoms with Crippen molar-refractivity contribution in [1.82, 2.24) is 4.90 Å². The van der Waals surface area contributed by atoms with E-state index in [9.17, 15) is 0 Å². The smallest absolute Gasteiger partial charge is 0.124 e. The molecular formula is C16H22N2O. The van der Waals surface area contributed by atoms with E-state index in [0.717, 1.165) is 18.6 Å². The normalized spacial score (nSPS) is 40.0. The predicted octanol–water partition coefficient (Wildman–Crippen LogP) is 2.24. The van der Waals surface area contributed by atoms with Crippen molar-refractivity contribution < 1.29 is 4.74 Å². The minimum absolute atomic E-state index is 0.00861. The van der Waals surface area contributed by atoms with Crippen molar-refractivity contribution in [1.29, 1.82) is 0 Å². The molecule has 1 aromatic rings. The molecular weight excluding hydrogens is 236 g/mol. The Bertz CT molecular complexity index is 515. The van der Waals surface area contributed by atoms with Crippen LogP contribution in [-0.2, 0) is 0 Å². The highest BCUT2D eigenvalue weighted by molar-refractivity contribution is 5.42. The Labute approximate surface area is 114 Å². The van der Waals surface area contributed by atoms with E-state index in [-0.39, 0.29) is 11.6 Å². The summed E-state index contributed by atoms with van der Waals surface area (Å²) < 4.78 is 6.51. The van der Waals surface area contributed by atoms with Gasteiger partial charge in [-0.25, -0.2) is 0 Å². The van der Waals surface area contributed by atoms with E-state index in [2.05, 4.69) is 30.0 Å². The minimum atomic E-state index is 0.00861. The van der Waals surface area contributed by atoms with Crippen molar-refractivity contribution in [2.75, 3.05) is 19.6 Å². The first kappa shape index (κ1) is 11.7. The van der Waals surface area contributed by atoms with Crippen molar-refractivity contribution in [2.45, 2.75) is 37.8 Å². The van der Waals surface area contributed by atoms with Crippen molar-refractivity contribution in [3.05, 3.63) is 29.3 Å². The fourth-order valence-electron chi connectivity index (χ4n) is 4.21. The Morgan fingerprint density at radius 1 is 1.37 bits per heavy atom. The molecule has 3 heteroatoms. The molecule has 3 heterocycles. The quantitative estimate of drug-likeness (QED) is 0.775. The SMILES string of the molecule is Cc1ccc2c(c1)[C@H](N)CC1(CCN3CCC1C3)O2. The van der Waals surface area contributed by atoms with Crippen LogP contribution in [0.4, 0.5) is 0 Å². The molecule has 2 bridgehead atoms. The van der Waals surface area contributed by atoms with E-state index in [0.29, 0.717) is 5.92 Å². The summed E-state index contributed by atoms with van der Waals surface area (Å²) >= 11 is 0. The number of ether oxygens (including phenoxy) is 1. The number of fused-ring (bicyclic) bond motifs is 4. The van der Waals surface area contributed by atoms with Crippen LogP contribution in [0.15, 0.2) is 18.2 Å². The van der Waals surface area contributed by atoms with Crippen LogP contribution in [0, 0.1) is 12.8 Å². The number of aryl methyl sites for hydroxylation is 1. The third kappa shape index (κ3) is 1.72. The summed E-state index contributed by atoms with van der Waals surface area (Å²) in [6.07, 6.45) is 3.40. The van der Waals surface area contributed by atoms with Crippen LogP contribution in [0.5, 0.6) is 5.75 Å². The molecule has 1 spiro atoms. The van der Waals surface area contributed by atoms with Crippen LogP contribution in [-0.4, -0.2) is 30.1 Å². The Morgan fingerprint density at radius 3 is 3.16 bits per heavy atom. The van der Waals surface area contributed by atoms with Gasteiger partial charge in [-0.15, -0.1) is 0 Å². The molecule has 3 unspecified atom stereocenters. The third-order valence-electron chi connectivity index (χ3n) is 5.31. The van der Waals surface area contributed by atoms with Gasteiger partial charge in [0.15, 0.2) is 0 Å². The van der Waals surface area contributed by atoms with Crippen LogP contribution >= 0.6 is 0 Å². The third-order valence-corrected chi connectivity index (χ3v) is 5.31. The number of hydrogen-bond acceptors (Lipinski definition) is 3. The van der Waals surface area contributed by atoms with Crippen LogP contribution in [0.25, 0.3) is 0 Å². The monoisotopic (exact) mass is 258 g/mol. The van der Waals surface area contributed by atoms with E-state index in [1.165, 1.54) is 37.2 Å². The zero-order valence-electron chi connectivity index (χ0n) is 11.6. The van der Waals surface area contributed by atoms with Gasteiger partial charge in [-0.05, 0) is 26.0 Å². The molecule has 0 saturated carbocycles. The standard InChI is InChI=1S/C16H22N2O/c1-11-2-3-15-13(8-11)14(17)9-16(19-15)5-7-18-6-4-12(16)10-18/h2-3,8,12,14H,4-7,9-10,17H2,1H3/t12?,14-,16?/m1/s1. The first-order chi connectivity index (χ1) is 9.16. The summed E-state index contributed by atoms with van der Waals surface area (Å²) in [6, 6.07) is 6.58. The van der Waals surface area contributed by atoms with Crippen LogP contribution in [0.2, 0.25) is 0 Å². The van der Waals surface area contributed by atoms with Gasteiger partial charge in [-0.1, -0.05) is 17.7 Å². The second kappa shape index (κ2) is 3.97. The number of hydrogen-bond donors (Lipinski definition) is 1. The molecule has 0 aliphatic carbocycles. The van der Waals surface area contributed by atoms with Crippen LogP contribution in [0.1, 0.15) is 36.4 Å². The van der Waals surface area contributed by atoms with E-state index >= 15 is 0 Å². The Kier molecular flexibility index (Phi) is 2.45. The van der Waals surface area contributed by atoms with Gasteiger partial charge in [0, 0.05) is 43.5 Å². The summed E-state index contributed by atoms with van der Waals surface area (Å²) in [4.78, 5) is 2.56. The molecule has 3 aliphatic rings. The van der Waals surface area contributed by atoms with Gasteiger partial charge >= 0.3 is 0 Å². The van der Waals surface area contributed by atoms with E-state index < -0.39 is 0 Å². The van der Waals surface area contributed by atoms with Crippen molar-refractivity contribution in [3.8, 4) is 5.75 Å². The summed E-state index contributed by atoms with van der Waals surface area (Å²) in [5.74, 6) is 1.70. The molecule has 2 N–H and O–H groups in total. The lowest BCUT2D eigenvalue weighted by Gasteiger charge is -2.47. The molecule has 0 amide bonds. The van der Waals surface area contributed by atoms with Gasteiger partial charge in [-0.3, -0.25) is 0 Å². The fraction of sp³-hybridized carbons (Fsp3) is 0.625. The zero-order valence-corrected chi connectivity index (χ0v) is 11.6. The van der Waals surface area contributed by atoms with Crippen molar-refractivity contribution >= 4 is 0 Å². The second-order valence-corrected chi connectivity index (χ2v) is 6.55. The lowest BCUT2D eigenvalue weighted by Crippen LogP contribution is -2.53. The fourth-order valence-corrected chi connectivity index (χ4v) is 4.21. The molecule has 19 heavy (non-hydrogen) atoms. The van der Waals surface area contributed by atoms with E-state index in [1.807, 2.05) is 0 Å². The highest BCUT2D eigenvalue weighted by atomic mass is 16.5. The maximum Gasteiger partial charge on any atom is 0.124 e. The van der Waals surface area contributed by atoms with Gasteiger partial charge in [0.2, 0.25) is 0 Å². The lowest BCUT2D eigenvalue weighted by atomic mass is 9.74. The number of nitrogens with two attached hydrogens (primary N) is 1. The summed E-state index contributed by atoms with van der Waals surface area (Å²) in [5.41, 5.74) is 8.93. The Morgan fingerprint density at radius 2 is 2.26 bits per heavy atom. The average Bonchev–Trinajstić information content (AvgIpc) is 2.81. The molecule has 3 nitrogen and oxygen atoms in total. The van der Waals surface area contributed by atoms with Crippen LogP contribution < -0.4 is 10.5 Å². The molecule has 4 atom stereocenters. The van der Waals surface area contributed by atoms with Gasteiger partial charge in [-0.2, -0.15) is 0 Å². The van der Waals surface area contributed by atoms with Crippen LogP contribution in [0.3, 0.4) is 0 Å². The molecule has 3 aliphatic heterocycles. The van der Waals surface area contributed by atoms with Gasteiger partial charge in [0.25, 0.3) is 0 Å². The molecule has 1 aromatic carbocycles. The van der Waals surface area contributed by atoms with Gasteiger partial charge in [0.1, 0.15) is 11.4 Å². The summed E-state index contributed by atoms with van der Waals surface area (Å²) in [6.45, 7) is 5.73. The highest BCUT2D eigenvalue weighted by Crippen LogP contribution is 2.48. The topological polar surface area (TPSA) is 38.5 Å². The number of nitrogens with zero attached hydrogens (tertiary/aromatic N) is 1. The minimum Gasteiger partial charge on any atom is -0.486 e. The Hall–Kier alpha value is -1.06. The molecule has 0 radical (unpaired) electrons. The average molecular weight is 258 g/mol. The van der Waals surface area contributed by atoms with Gasteiger partial charge < -0.3 is 15.4 Å². The second-order valence-electron chi connectivity index (χ2n) is 6.55. The number of piperidine rings is 1. The molecule has 4 rings (SSSR count). The maximum absolute atomic E-state index is 6.51. The molecule has 2 fully saturated rings. The maximum atomic E-state index is 6.51. The van der Waals surface area contributed by atoms with Crippen molar-refractivity contribution in [3.63, 3.8) is 0 Å². The highest BCUT2D eigenvalue weighted by Gasteiger charge is 2.51. The first-order valence-corrected chi connectivity index (χ1v) is 7.44. The largest absolute Gasteiger partial charge is 0.486 e. The first-order valence-electron chi connectivity index (χ1n) is 7.44. The van der Waals surface area contributed by atoms with Crippen molar-refractivity contribution in [2.24, 2.45) is 11.7 Å².